The average Bonchev–Trinajstić information content (AvgIpc) is 2.87. The summed E-state index contributed by atoms with van der Waals surface area (Å²) in [5.74, 6) is 1.99. The summed E-state index contributed by atoms with van der Waals surface area (Å²) in [7, 11) is 2.04. The number of aryl methyl sites for hydroxylation is 1. The zero-order chi connectivity index (χ0) is 12.4. The summed E-state index contributed by atoms with van der Waals surface area (Å²) in [5, 5.41) is 3.28. The third-order valence-electron chi connectivity index (χ3n) is 4.18. The Morgan fingerprint density at radius 1 is 1.33 bits per heavy atom. The standard InChI is InChI=1S/C14H22N4/c1-15-8-11-6-7-18(9-11)14-12-4-2-3-5-13(12)16-10-17-14/h10-11,15H,2-9H2,1H3. The Bertz CT molecular complexity index is 418. The highest BCUT2D eigenvalue weighted by molar-refractivity contribution is 5.50. The van der Waals surface area contributed by atoms with Crippen LogP contribution in [-0.4, -0.2) is 36.6 Å². The number of aromatic nitrogens is 2. The highest BCUT2D eigenvalue weighted by atomic mass is 15.2. The minimum atomic E-state index is 0.768. The maximum Gasteiger partial charge on any atom is 0.135 e. The van der Waals surface area contributed by atoms with Crippen LogP contribution < -0.4 is 10.2 Å². The van der Waals surface area contributed by atoms with E-state index in [1.807, 2.05) is 7.05 Å². The van der Waals surface area contributed by atoms with Crippen LogP contribution >= 0.6 is 0 Å². The Labute approximate surface area is 109 Å². The van der Waals surface area contributed by atoms with E-state index in [1.54, 1.807) is 6.33 Å². The highest BCUT2D eigenvalue weighted by Crippen LogP contribution is 2.30. The third kappa shape index (κ3) is 2.21. The van der Waals surface area contributed by atoms with Gasteiger partial charge in [-0.25, -0.2) is 9.97 Å². The van der Waals surface area contributed by atoms with Crippen LogP contribution in [-0.2, 0) is 12.8 Å². The summed E-state index contributed by atoms with van der Waals surface area (Å²) >= 11 is 0. The van der Waals surface area contributed by atoms with Crippen molar-refractivity contribution in [3.8, 4) is 0 Å². The Kier molecular flexibility index (Phi) is 3.46. The molecule has 0 saturated carbocycles. The lowest BCUT2D eigenvalue weighted by Crippen LogP contribution is -2.26. The van der Waals surface area contributed by atoms with Gasteiger partial charge in [0, 0.05) is 24.3 Å². The predicted molar refractivity (Wildman–Crippen MR) is 72.9 cm³/mol. The summed E-state index contributed by atoms with van der Waals surface area (Å²) in [5.41, 5.74) is 2.72. The van der Waals surface area contributed by atoms with E-state index in [0.29, 0.717) is 0 Å². The predicted octanol–water partition coefficient (Wildman–Crippen LogP) is 1.40. The number of hydrogen-bond acceptors (Lipinski definition) is 4. The van der Waals surface area contributed by atoms with Crippen molar-refractivity contribution < 1.29 is 0 Å². The van der Waals surface area contributed by atoms with Crippen molar-refractivity contribution in [1.29, 1.82) is 0 Å². The molecule has 1 aromatic rings. The number of fused-ring (bicyclic) bond motifs is 1. The van der Waals surface area contributed by atoms with Crippen LogP contribution in [0.3, 0.4) is 0 Å². The van der Waals surface area contributed by atoms with Gasteiger partial charge in [-0.1, -0.05) is 0 Å². The summed E-state index contributed by atoms with van der Waals surface area (Å²) < 4.78 is 0. The molecule has 98 valence electrons. The van der Waals surface area contributed by atoms with Crippen molar-refractivity contribution in [3.05, 3.63) is 17.6 Å². The molecular weight excluding hydrogens is 224 g/mol. The lowest BCUT2D eigenvalue weighted by atomic mass is 9.96. The van der Waals surface area contributed by atoms with Gasteiger partial charge in [0.15, 0.2) is 0 Å². The van der Waals surface area contributed by atoms with Gasteiger partial charge in [-0.2, -0.15) is 0 Å². The van der Waals surface area contributed by atoms with E-state index in [1.165, 1.54) is 42.8 Å². The second kappa shape index (κ2) is 5.22. The molecule has 2 aliphatic rings. The molecule has 1 aliphatic heterocycles. The second-order valence-corrected chi connectivity index (χ2v) is 5.49. The molecule has 2 heterocycles. The SMILES string of the molecule is CNCC1CCN(c2ncnc3c2CCCC3)C1. The second-order valence-electron chi connectivity index (χ2n) is 5.49. The molecule has 0 amide bonds. The van der Waals surface area contributed by atoms with E-state index < -0.39 is 0 Å². The fourth-order valence-corrected chi connectivity index (χ4v) is 3.26. The zero-order valence-corrected chi connectivity index (χ0v) is 11.2. The molecule has 1 fully saturated rings. The molecule has 0 spiro atoms. The van der Waals surface area contributed by atoms with Gasteiger partial charge >= 0.3 is 0 Å². The van der Waals surface area contributed by atoms with Crippen molar-refractivity contribution in [1.82, 2.24) is 15.3 Å². The number of anilines is 1. The first-order chi connectivity index (χ1) is 8.88. The topological polar surface area (TPSA) is 41.0 Å². The largest absolute Gasteiger partial charge is 0.356 e. The molecule has 1 saturated heterocycles. The lowest BCUT2D eigenvalue weighted by molar-refractivity contribution is 0.548. The smallest absolute Gasteiger partial charge is 0.135 e. The molecule has 0 radical (unpaired) electrons. The molecule has 4 nitrogen and oxygen atoms in total. The monoisotopic (exact) mass is 246 g/mol. The summed E-state index contributed by atoms with van der Waals surface area (Å²) in [6.45, 7) is 3.41. The molecule has 1 aliphatic carbocycles. The van der Waals surface area contributed by atoms with Gasteiger partial charge in [0.2, 0.25) is 0 Å². The summed E-state index contributed by atoms with van der Waals surface area (Å²) in [6.07, 6.45) is 7.91. The number of nitrogens with one attached hydrogen (secondary N) is 1. The van der Waals surface area contributed by atoms with Crippen LogP contribution in [0.5, 0.6) is 0 Å². The Morgan fingerprint density at radius 2 is 2.22 bits per heavy atom. The molecule has 18 heavy (non-hydrogen) atoms. The van der Waals surface area contributed by atoms with Crippen molar-refractivity contribution in [2.24, 2.45) is 5.92 Å². The van der Waals surface area contributed by atoms with Crippen LogP contribution in [0, 0.1) is 5.92 Å². The van der Waals surface area contributed by atoms with Crippen LogP contribution in [0.4, 0.5) is 5.82 Å². The highest BCUT2D eigenvalue weighted by Gasteiger charge is 2.26. The Balaban J connectivity index is 1.80. The van der Waals surface area contributed by atoms with E-state index in [-0.39, 0.29) is 0 Å². The minimum Gasteiger partial charge on any atom is -0.356 e. The first-order valence-electron chi connectivity index (χ1n) is 7.11. The van der Waals surface area contributed by atoms with E-state index in [9.17, 15) is 0 Å². The van der Waals surface area contributed by atoms with Gasteiger partial charge < -0.3 is 10.2 Å². The molecule has 1 unspecified atom stereocenters. The minimum absolute atomic E-state index is 0.768. The molecule has 0 aromatic carbocycles. The van der Waals surface area contributed by atoms with Gasteiger partial charge in [-0.15, -0.1) is 0 Å². The number of nitrogens with zero attached hydrogens (tertiary/aromatic N) is 3. The molecule has 1 aromatic heterocycles. The zero-order valence-electron chi connectivity index (χ0n) is 11.2. The van der Waals surface area contributed by atoms with Gasteiger partial charge in [0.05, 0.1) is 0 Å². The van der Waals surface area contributed by atoms with Crippen LogP contribution in [0.2, 0.25) is 0 Å². The molecule has 0 bridgehead atoms. The van der Waals surface area contributed by atoms with Crippen LogP contribution in [0.1, 0.15) is 30.5 Å². The Morgan fingerprint density at radius 3 is 3.11 bits per heavy atom. The average molecular weight is 246 g/mol. The fraction of sp³-hybridized carbons (Fsp3) is 0.714. The van der Waals surface area contributed by atoms with Crippen molar-refractivity contribution in [3.63, 3.8) is 0 Å². The summed E-state index contributed by atoms with van der Waals surface area (Å²) in [4.78, 5) is 11.5. The van der Waals surface area contributed by atoms with Gasteiger partial charge in [-0.05, 0) is 51.6 Å². The van der Waals surface area contributed by atoms with E-state index in [2.05, 4.69) is 20.2 Å². The first-order valence-corrected chi connectivity index (χ1v) is 7.11. The van der Waals surface area contributed by atoms with E-state index >= 15 is 0 Å². The molecule has 1 atom stereocenters. The maximum atomic E-state index is 4.56. The quantitative estimate of drug-likeness (QED) is 0.875. The summed E-state index contributed by atoms with van der Waals surface area (Å²) in [6, 6.07) is 0. The van der Waals surface area contributed by atoms with E-state index in [4.69, 9.17) is 0 Å². The molecule has 4 heteroatoms. The fourth-order valence-electron chi connectivity index (χ4n) is 3.26. The van der Waals surface area contributed by atoms with E-state index in [0.717, 1.165) is 32.0 Å². The van der Waals surface area contributed by atoms with Gasteiger partial charge in [0.1, 0.15) is 12.1 Å². The van der Waals surface area contributed by atoms with Crippen LogP contribution in [0.15, 0.2) is 6.33 Å². The van der Waals surface area contributed by atoms with Gasteiger partial charge in [-0.3, -0.25) is 0 Å². The van der Waals surface area contributed by atoms with Crippen molar-refractivity contribution in [2.45, 2.75) is 32.1 Å². The first kappa shape index (κ1) is 11.9. The molecule has 1 N–H and O–H groups in total. The van der Waals surface area contributed by atoms with Crippen molar-refractivity contribution in [2.75, 3.05) is 31.6 Å². The van der Waals surface area contributed by atoms with Gasteiger partial charge in [0.25, 0.3) is 0 Å². The lowest BCUT2D eigenvalue weighted by Gasteiger charge is -2.24. The van der Waals surface area contributed by atoms with Crippen molar-refractivity contribution >= 4 is 5.82 Å². The number of rotatable bonds is 3. The molecule has 3 rings (SSSR count). The third-order valence-corrected chi connectivity index (χ3v) is 4.18. The number of hydrogen-bond donors (Lipinski definition) is 1. The molecular formula is C14H22N4. The maximum absolute atomic E-state index is 4.56. The Hall–Kier alpha value is -1.16. The normalized spacial score (nSPS) is 23.2. The van der Waals surface area contributed by atoms with Crippen LogP contribution in [0.25, 0.3) is 0 Å².